The smallest absolute Gasteiger partial charge is 0.254 e. The van der Waals surface area contributed by atoms with E-state index in [1.165, 1.54) is 12.3 Å². The number of hydrogen-bond donors (Lipinski definition) is 5. The van der Waals surface area contributed by atoms with Gasteiger partial charge in [-0.05, 0) is 6.07 Å². The van der Waals surface area contributed by atoms with Gasteiger partial charge in [-0.15, -0.1) is 0 Å². The first-order chi connectivity index (χ1) is 8.48. The number of nitrogen functional groups attached to an aromatic ring is 1. The molecule has 1 aromatic heterocycles. The second-order valence-corrected chi connectivity index (χ2v) is 4.19. The van der Waals surface area contributed by atoms with Gasteiger partial charge in [0, 0.05) is 0 Å². The van der Waals surface area contributed by atoms with E-state index in [1.807, 2.05) is 0 Å². The van der Waals surface area contributed by atoms with E-state index in [0.717, 1.165) is 0 Å². The Balaban J connectivity index is 2.97. The lowest BCUT2D eigenvalue weighted by molar-refractivity contribution is 0.0375. The fourth-order valence-corrected chi connectivity index (χ4v) is 1.37. The monoisotopic (exact) mass is 275 g/mol. The number of hydrogen-bond acceptors (Lipinski definition) is 6. The number of aromatic nitrogens is 1. The second kappa shape index (κ2) is 5.96. The van der Waals surface area contributed by atoms with E-state index in [9.17, 15) is 4.79 Å². The Labute approximate surface area is 108 Å². The number of rotatable bonds is 5. The molecular weight excluding hydrogens is 262 g/mol. The Morgan fingerprint density at radius 3 is 2.44 bits per heavy atom. The third-order valence-corrected chi connectivity index (χ3v) is 2.64. The topological polar surface area (TPSA) is 129 Å². The van der Waals surface area contributed by atoms with Crippen LogP contribution in [-0.4, -0.2) is 51.6 Å². The van der Waals surface area contributed by atoms with Crippen LogP contribution >= 0.6 is 11.6 Å². The molecule has 18 heavy (non-hydrogen) atoms. The van der Waals surface area contributed by atoms with Crippen LogP contribution < -0.4 is 11.1 Å². The maximum absolute atomic E-state index is 11.9. The van der Waals surface area contributed by atoms with Crippen LogP contribution in [0.1, 0.15) is 10.4 Å². The molecule has 0 aliphatic carbocycles. The summed E-state index contributed by atoms with van der Waals surface area (Å²) in [5, 5.41) is 29.7. The van der Waals surface area contributed by atoms with Crippen molar-refractivity contribution in [2.75, 3.05) is 25.6 Å². The third kappa shape index (κ3) is 3.08. The van der Waals surface area contributed by atoms with Gasteiger partial charge in [-0.3, -0.25) is 4.79 Å². The molecule has 0 aliphatic heterocycles. The zero-order valence-corrected chi connectivity index (χ0v) is 10.2. The van der Waals surface area contributed by atoms with Crippen molar-refractivity contribution < 1.29 is 20.1 Å². The number of aliphatic hydroxyl groups is 3. The van der Waals surface area contributed by atoms with Crippen LogP contribution in [0.2, 0.25) is 5.15 Å². The fraction of sp³-hybridized carbons (Fsp3) is 0.400. The van der Waals surface area contributed by atoms with Gasteiger partial charge in [0.1, 0.15) is 10.7 Å². The zero-order chi connectivity index (χ0) is 13.8. The summed E-state index contributed by atoms with van der Waals surface area (Å²) in [6.45, 7) is -1.86. The summed E-state index contributed by atoms with van der Waals surface area (Å²) in [6, 6.07) is 1.25. The first kappa shape index (κ1) is 14.7. The van der Waals surface area contributed by atoms with Crippen molar-refractivity contribution >= 4 is 23.2 Å². The number of nitrogens with two attached hydrogens (primary N) is 1. The van der Waals surface area contributed by atoms with Crippen LogP contribution in [0.25, 0.3) is 0 Å². The van der Waals surface area contributed by atoms with Crippen molar-refractivity contribution in [2.45, 2.75) is 5.54 Å². The molecular formula is C10H14ClN3O4. The van der Waals surface area contributed by atoms with Gasteiger partial charge in [0.2, 0.25) is 0 Å². The average Bonchev–Trinajstić information content (AvgIpc) is 2.38. The van der Waals surface area contributed by atoms with E-state index in [1.54, 1.807) is 0 Å². The number of anilines is 1. The van der Waals surface area contributed by atoms with E-state index in [2.05, 4.69) is 10.3 Å². The van der Waals surface area contributed by atoms with Gasteiger partial charge >= 0.3 is 0 Å². The molecule has 0 saturated heterocycles. The molecule has 8 heteroatoms. The molecule has 0 aliphatic rings. The Bertz CT molecular complexity index is 429. The fourth-order valence-electron chi connectivity index (χ4n) is 1.21. The molecule has 1 aromatic rings. The molecule has 0 fully saturated rings. The molecule has 0 unspecified atom stereocenters. The zero-order valence-electron chi connectivity index (χ0n) is 9.43. The van der Waals surface area contributed by atoms with Crippen LogP contribution in [0, 0.1) is 0 Å². The highest BCUT2D eigenvalue weighted by Gasteiger charge is 2.30. The molecule has 1 amide bonds. The van der Waals surface area contributed by atoms with E-state index in [-0.39, 0.29) is 16.4 Å². The number of nitrogens with one attached hydrogen (secondary N) is 1. The largest absolute Gasteiger partial charge is 0.397 e. The normalized spacial score (nSPS) is 11.3. The van der Waals surface area contributed by atoms with E-state index in [0.29, 0.717) is 0 Å². The maximum Gasteiger partial charge on any atom is 0.254 e. The van der Waals surface area contributed by atoms with Gasteiger partial charge in [0.15, 0.2) is 0 Å². The minimum Gasteiger partial charge on any atom is -0.397 e. The number of carbonyl (C=O) groups excluding carboxylic acids is 1. The lowest BCUT2D eigenvalue weighted by Crippen LogP contribution is -2.57. The highest BCUT2D eigenvalue weighted by Crippen LogP contribution is 2.16. The molecule has 0 saturated carbocycles. The Hall–Kier alpha value is -1.41. The Morgan fingerprint density at radius 1 is 1.39 bits per heavy atom. The van der Waals surface area contributed by atoms with Crippen molar-refractivity contribution in [1.29, 1.82) is 0 Å². The van der Waals surface area contributed by atoms with Crippen molar-refractivity contribution in [3.63, 3.8) is 0 Å². The minimum absolute atomic E-state index is 0.0507. The van der Waals surface area contributed by atoms with Crippen LogP contribution in [0.3, 0.4) is 0 Å². The van der Waals surface area contributed by atoms with Crippen molar-refractivity contribution in [3.8, 4) is 0 Å². The summed E-state index contributed by atoms with van der Waals surface area (Å²) in [4.78, 5) is 15.6. The number of aliphatic hydroxyl groups excluding tert-OH is 3. The van der Waals surface area contributed by atoms with Crippen LogP contribution in [0.15, 0.2) is 12.3 Å². The van der Waals surface area contributed by atoms with Crippen LogP contribution in [0.5, 0.6) is 0 Å². The number of amides is 1. The molecule has 0 bridgehead atoms. The number of nitrogens with zero attached hydrogens (tertiary/aromatic N) is 1. The first-order valence-corrected chi connectivity index (χ1v) is 5.42. The number of pyridine rings is 1. The summed E-state index contributed by atoms with van der Waals surface area (Å²) in [6.07, 6.45) is 1.22. The summed E-state index contributed by atoms with van der Waals surface area (Å²) in [7, 11) is 0. The van der Waals surface area contributed by atoms with Gasteiger partial charge < -0.3 is 26.4 Å². The maximum atomic E-state index is 11.9. The predicted octanol–water partition coefficient (Wildman–Crippen LogP) is -1.24. The SMILES string of the molecule is Nc1cnc(Cl)cc1C(=O)NC(CO)(CO)CO. The van der Waals surface area contributed by atoms with E-state index >= 15 is 0 Å². The third-order valence-electron chi connectivity index (χ3n) is 2.43. The van der Waals surface area contributed by atoms with Crippen molar-refractivity contribution in [3.05, 3.63) is 23.0 Å². The molecule has 6 N–H and O–H groups in total. The Kier molecular flexibility index (Phi) is 4.85. The van der Waals surface area contributed by atoms with E-state index < -0.39 is 31.3 Å². The quantitative estimate of drug-likeness (QED) is 0.428. The molecule has 0 radical (unpaired) electrons. The van der Waals surface area contributed by atoms with Gasteiger partial charge in [0.05, 0.1) is 37.3 Å². The summed E-state index contributed by atoms with van der Waals surface area (Å²) >= 11 is 5.64. The molecule has 100 valence electrons. The van der Waals surface area contributed by atoms with Gasteiger partial charge in [0.25, 0.3) is 5.91 Å². The number of halogens is 1. The average molecular weight is 276 g/mol. The van der Waals surface area contributed by atoms with E-state index in [4.69, 9.17) is 32.7 Å². The first-order valence-electron chi connectivity index (χ1n) is 5.04. The van der Waals surface area contributed by atoms with Crippen LogP contribution in [0.4, 0.5) is 5.69 Å². The van der Waals surface area contributed by atoms with Gasteiger partial charge in [-0.1, -0.05) is 11.6 Å². The summed E-state index contributed by atoms with van der Waals surface area (Å²) < 4.78 is 0. The number of carbonyl (C=O) groups is 1. The predicted molar refractivity (Wildman–Crippen MR) is 65.1 cm³/mol. The van der Waals surface area contributed by atoms with Crippen LogP contribution in [-0.2, 0) is 0 Å². The van der Waals surface area contributed by atoms with Crippen molar-refractivity contribution in [2.24, 2.45) is 0 Å². The second-order valence-electron chi connectivity index (χ2n) is 3.80. The molecule has 0 spiro atoms. The highest BCUT2D eigenvalue weighted by molar-refractivity contribution is 6.29. The lowest BCUT2D eigenvalue weighted by Gasteiger charge is -2.28. The molecule has 0 atom stereocenters. The minimum atomic E-state index is -1.51. The summed E-state index contributed by atoms with van der Waals surface area (Å²) in [5.41, 5.74) is 4.20. The van der Waals surface area contributed by atoms with Gasteiger partial charge in [-0.25, -0.2) is 4.98 Å². The summed E-state index contributed by atoms with van der Waals surface area (Å²) in [5.74, 6) is -0.672. The molecule has 0 aromatic carbocycles. The van der Waals surface area contributed by atoms with Crippen molar-refractivity contribution in [1.82, 2.24) is 10.3 Å². The molecule has 1 heterocycles. The Morgan fingerprint density at radius 2 is 1.94 bits per heavy atom. The highest BCUT2D eigenvalue weighted by atomic mass is 35.5. The van der Waals surface area contributed by atoms with Gasteiger partial charge in [-0.2, -0.15) is 0 Å². The lowest BCUT2D eigenvalue weighted by atomic mass is 10.0. The standard InChI is InChI=1S/C10H14ClN3O4/c11-8-1-6(7(12)2-13-8)9(18)14-10(3-15,4-16)5-17/h1-2,15-17H,3-5,12H2,(H,14,18). The molecule has 7 nitrogen and oxygen atoms in total. The molecule has 1 rings (SSSR count).